The number of benzene rings is 2. The van der Waals surface area contributed by atoms with Crippen molar-refractivity contribution in [1.82, 2.24) is 10.2 Å². The maximum absolute atomic E-state index is 12.8. The number of hydrogen-bond acceptors (Lipinski definition) is 2. The van der Waals surface area contributed by atoms with Gasteiger partial charge in [-0.15, -0.1) is 0 Å². The lowest BCUT2D eigenvalue weighted by Crippen LogP contribution is -2.39. The van der Waals surface area contributed by atoms with Crippen LogP contribution in [-0.4, -0.2) is 35.8 Å². The highest BCUT2D eigenvalue weighted by Gasteiger charge is 2.34. The van der Waals surface area contributed by atoms with E-state index < -0.39 is 0 Å². The smallest absolute Gasteiger partial charge is 0.251 e. The maximum atomic E-state index is 12.8. The third-order valence-corrected chi connectivity index (χ3v) is 5.64. The fraction of sp³-hybridized carbons (Fsp3) is 0.417. The molecule has 1 fully saturated rings. The highest BCUT2D eigenvalue weighted by Crippen LogP contribution is 2.33. The molecule has 0 saturated carbocycles. The minimum atomic E-state index is -0.0813. The summed E-state index contributed by atoms with van der Waals surface area (Å²) in [4.78, 5) is 27.0. The van der Waals surface area contributed by atoms with E-state index >= 15 is 0 Å². The van der Waals surface area contributed by atoms with E-state index in [1.807, 2.05) is 24.3 Å². The molecule has 2 atom stereocenters. The quantitative estimate of drug-likeness (QED) is 0.693. The van der Waals surface area contributed by atoms with Crippen molar-refractivity contribution >= 4 is 11.8 Å². The Morgan fingerprint density at radius 3 is 2.43 bits per heavy atom. The summed E-state index contributed by atoms with van der Waals surface area (Å²) in [7, 11) is 0. The van der Waals surface area contributed by atoms with Crippen LogP contribution in [0.1, 0.15) is 60.9 Å². The van der Waals surface area contributed by atoms with E-state index in [0.29, 0.717) is 36.9 Å². The molecule has 28 heavy (non-hydrogen) atoms. The monoisotopic (exact) mass is 378 g/mol. The van der Waals surface area contributed by atoms with Gasteiger partial charge in [0, 0.05) is 37.0 Å². The van der Waals surface area contributed by atoms with Crippen molar-refractivity contribution in [1.29, 1.82) is 0 Å². The van der Waals surface area contributed by atoms with Crippen LogP contribution in [0.25, 0.3) is 0 Å². The number of nitrogens with one attached hydrogen (secondary N) is 1. The van der Waals surface area contributed by atoms with Crippen LogP contribution >= 0.6 is 0 Å². The highest BCUT2D eigenvalue weighted by molar-refractivity contribution is 5.94. The summed E-state index contributed by atoms with van der Waals surface area (Å²) in [5.74, 6) is 0.526. The summed E-state index contributed by atoms with van der Waals surface area (Å²) in [6.45, 7) is 3.58. The number of nitrogens with zero attached hydrogens (tertiary/aromatic N) is 1. The maximum Gasteiger partial charge on any atom is 0.251 e. The first kappa shape index (κ1) is 20.1. The average molecular weight is 379 g/mol. The van der Waals surface area contributed by atoms with Gasteiger partial charge in [-0.3, -0.25) is 9.59 Å². The summed E-state index contributed by atoms with van der Waals surface area (Å²) in [5, 5.41) is 2.91. The summed E-state index contributed by atoms with van der Waals surface area (Å²) in [6.07, 6.45) is 4.33. The molecule has 2 aromatic rings. The first-order chi connectivity index (χ1) is 13.7. The lowest BCUT2D eigenvalue weighted by Gasteiger charge is -2.32. The van der Waals surface area contributed by atoms with Crippen molar-refractivity contribution in [2.24, 2.45) is 0 Å². The zero-order chi connectivity index (χ0) is 19.8. The van der Waals surface area contributed by atoms with E-state index in [1.165, 1.54) is 5.56 Å². The Kier molecular flexibility index (Phi) is 7.24. The van der Waals surface area contributed by atoms with Crippen molar-refractivity contribution in [3.63, 3.8) is 0 Å². The SMILES string of the molecule is CC[C@H](c1ccccc1)[C@H]1CCCN1C(=O)CCCNC(=O)c1ccccc1. The minimum absolute atomic E-state index is 0.0813. The third kappa shape index (κ3) is 5.00. The molecular weight excluding hydrogens is 348 g/mol. The summed E-state index contributed by atoms with van der Waals surface area (Å²) in [5.41, 5.74) is 1.98. The fourth-order valence-electron chi connectivity index (χ4n) is 4.23. The van der Waals surface area contributed by atoms with Crippen molar-refractivity contribution in [2.45, 2.75) is 51.0 Å². The topological polar surface area (TPSA) is 49.4 Å². The molecule has 0 aromatic heterocycles. The van der Waals surface area contributed by atoms with Crippen LogP contribution < -0.4 is 5.32 Å². The summed E-state index contributed by atoms with van der Waals surface area (Å²) >= 11 is 0. The van der Waals surface area contributed by atoms with Crippen molar-refractivity contribution in [2.75, 3.05) is 13.1 Å². The van der Waals surface area contributed by atoms with Gasteiger partial charge in [-0.1, -0.05) is 55.5 Å². The first-order valence-corrected chi connectivity index (χ1v) is 10.4. The zero-order valence-electron chi connectivity index (χ0n) is 16.6. The van der Waals surface area contributed by atoms with Crippen molar-refractivity contribution in [3.8, 4) is 0 Å². The molecule has 2 amide bonds. The van der Waals surface area contributed by atoms with E-state index in [1.54, 1.807) is 12.1 Å². The Labute approximate surface area is 167 Å². The number of amides is 2. The average Bonchev–Trinajstić information content (AvgIpc) is 3.22. The van der Waals surface area contributed by atoms with Crippen molar-refractivity contribution in [3.05, 3.63) is 71.8 Å². The highest BCUT2D eigenvalue weighted by atomic mass is 16.2. The van der Waals surface area contributed by atoms with Gasteiger partial charge in [0.25, 0.3) is 5.91 Å². The number of likely N-dealkylation sites (tertiary alicyclic amines) is 1. The van der Waals surface area contributed by atoms with Crippen LogP contribution in [-0.2, 0) is 4.79 Å². The molecule has 0 radical (unpaired) electrons. The van der Waals surface area contributed by atoms with Gasteiger partial charge in [0.1, 0.15) is 0 Å². The van der Waals surface area contributed by atoms with Gasteiger partial charge in [0.15, 0.2) is 0 Å². The van der Waals surface area contributed by atoms with E-state index in [9.17, 15) is 9.59 Å². The predicted molar refractivity (Wildman–Crippen MR) is 112 cm³/mol. The number of carbonyl (C=O) groups is 2. The Hall–Kier alpha value is -2.62. The fourth-order valence-corrected chi connectivity index (χ4v) is 4.23. The molecular formula is C24H30N2O2. The van der Waals surface area contributed by atoms with Gasteiger partial charge in [-0.2, -0.15) is 0 Å². The first-order valence-electron chi connectivity index (χ1n) is 10.4. The third-order valence-electron chi connectivity index (χ3n) is 5.64. The lowest BCUT2D eigenvalue weighted by atomic mass is 9.87. The van der Waals surface area contributed by atoms with Crippen LogP contribution in [0.5, 0.6) is 0 Å². The lowest BCUT2D eigenvalue weighted by molar-refractivity contribution is -0.132. The predicted octanol–water partition coefficient (Wildman–Crippen LogP) is 4.38. The molecule has 148 valence electrons. The van der Waals surface area contributed by atoms with E-state index in [4.69, 9.17) is 0 Å². The standard InChI is InChI=1S/C24H30N2O2/c1-2-21(19-11-5-3-6-12-19)22-15-10-18-26(22)23(27)16-9-17-25-24(28)20-13-7-4-8-14-20/h3-8,11-14,21-22H,2,9-10,15-18H2,1H3,(H,25,28)/t21-,22-/m1/s1. The molecule has 0 aliphatic carbocycles. The Morgan fingerprint density at radius 2 is 1.75 bits per heavy atom. The minimum Gasteiger partial charge on any atom is -0.352 e. The number of carbonyl (C=O) groups excluding carboxylic acids is 2. The van der Waals surface area contributed by atoms with Crippen LogP contribution in [0, 0.1) is 0 Å². The van der Waals surface area contributed by atoms with Crippen molar-refractivity contribution < 1.29 is 9.59 Å². The molecule has 1 saturated heterocycles. The van der Waals surface area contributed by atoms with Gasteiger partial charge in [-0.05, 0) is 43.4 Å². The Balaban J connectivity index is 1.50. The summed E-state index contributed by atoms with van der Waals surface area (Å²) < 4.78 is 0. The van der Waals surface area contributed by atoms with Crippen LogP contribution in [0.2, 0.25) is 0 Å². The zero-order valence-corrected chi connectivity index (χ0v) is 16.6. The largest absolute Gasteiger partial charge is 0.352 e. The van der Waals surface area contributed by atoms with Gasteiger partial charge in [0.05, 0.1) is 0 Å². The molecule has 1 heterocycles. The van der Waals surface area contributed by atoms with Gasteiger partial charge >= 0.3 is 0 Å². The second-order valence-electron chi connectivity index (χ2n) is 7.45. The van der Waals surface area contributed by atoms with Gasteiger partial charge < -0.3 is 10.2 Å². The van der Waals surface area contributed by atoms with Crippen LogP contribution in [0.4, 0.5) is 0 Å². The molecule has 0 bridgehead atoms. The van der Waals surface area contributed by atoms with Gasteiger partial charge in [0.2, 0.25) is 5.91 Å². The molecule has 1 aliphatic heterocycles. The molecule has 4 nitrogen and oxygen atoms in total. The van der Waals surface area contributed by atoms with E-state index in [2.05, 4.69) is 41.4 Å². The van der Waals surface area contributed by atoms with Gasteiger partial charge in [-0.25, -0.2) is 0 Å². The molecule has 0 spiro atoms. The second kappa shape index (κ2) is 10.1. The normalized spacial score (nSPS) is 17.3. The molecule has 3 rings (SSSR count). The molecule has 1 N–H and O–H groups in total. The summed E-state index contributed by atoms with van der Waals surface area (Å²) in [6, 6.07) is 20.0. The molecule has 2 aromatic carbocycles. The molecule has 4 heteroatoms. The molecule has 1 aliphatic rings. The molecule has 0 unspecified atom stereocenters. The Bertz CT molecular complexity index is 761. The van der Waals surface area contributed by atoms with E-state index in [-0.39, 0.29) is 11.8 Å². The van der Waals surface area contributed by atoms with Crippen LogP contribution in [0.15, 0.2) is 60.7 Å². The number of hydrogen-bond donors (Lipinski definition) is 1. The Morgan fingerprint density at radius 1 is 1.07 bits per heavy atom. The number of rotatable bonds is 8. The second-order valence-corrected chi connectivity index (χ2v) is 7.45. The van der Waals surface area contributed by atoms with E-state index in [0.717, 1.165) is 25.8 Å². The van der Waals surface area contributed by atoms with Crippen LogP contribution in [0.3, 0.4) is 0 Å².